The van der Waals surface area contributed by atoms with Gasteiger partial charge in [0, 0.05) is 33.9 Å². The average Bonchev–Trinajstić information content (AvgIpc) is 3.01. The standard InChI is InChI=1S/C37H28O6/c1-6-35(38)41-31-20-16-30(17-21-31)33-22-11-27(23-34(33)43-37(40)25(4)5)8-7-26-9-12-28(13-10-26)29-14-18-32(19-15-29)42-36(39)24(2)3/h6,9-23H,1-2,4H2,3,5H3. The molecule has 0 atom stereocenters. The third-order valence-electron chi connectivity index (χ3n) is 6.07. The fraction of sp³-hybridized carbons (Fsp3) is 0.0541. The summed E-state index contributed by atoms with van der Waals surface area (Å²) in [5.74, 6) is 5.83. The molecule has 0 saturated carbocycles. The van der Waals surface area contributed by atoms with Crippen LogP contribution in [-0.4, -0.2) is 17.9 Å². The fourth-order valence-electron chi connectivity index (χ4n) is 3.77. The predicted octanol–water partition coefficient (Wildman–Crippen LogP) is 7.47. The van der Waals surface area contributed by atoms with Crippen LogP contribution in [0.3, 0.4) is 0 Å². The topological polar surface area (TPSA) is 78.9 Å². The van der Waals surface area contributed by atoms with Crippen LogP contribution in [0.5, 0.6) is 17.2 Å². The van der Waals surface area contributed by atoms with E-state index in [1.807, 2.05) is 48.5 Å². The molecule has 0 amide bonds. The first kappa shape index (κ1) is 30.0. The van der Waals surface area contributed by atoms with Crippen molar-refractivity contribution in [1.82, 2.24) is 0 Å². The minimum Gasteiger partial charge on any atom is -0.423 e. The van der Waals surface area contributed by atoms with Crippen molar-refractivity contribution in [1.29, 1.82) is 0 Å². The van der Waals surface area contributed by atoms with E-state index in [1.54, 1.807) is 56.3 Å². The molecule has 0 aromatic heterocycles. The van der Waals surface area contributed by atoms with Gasteiger partial charge in [-0.05, 0) is 85.1 Å². The molecular weight excluding hydrogens is 540 g/mol. The number of hydrogen-bond donors (Lipinski definition) is 0. The molecule has 0 aliphatic rings. The number of benzene rings is 4. The minimum absolute atomic E-state index is 0.261. The predicted molar refractivity (Wildman–Crippen MR) is 166 cm³/mol. The average molecular weight is 569 g/mol. The SMILES string of the molecule is C=CC(=O)Oc1ccc(-c2ccc(C#Cc3ccc(-c4ccc(OC(=O)C(=C)C)cc4)cc3)cc2OC(=O)C(=C)C)cc1. The lowest BCUT2D eigenvalue weighted by atomic mass is 10.0. The Morgan fingerprint density at radius 1 is 0.605 bits per heavy atom. The molecule has 4 aromatic carbocycles. The van der Waals surface area contributed by atoms with Gasteiger partial charge in [-0.15, -0.1) is 0 Å². The Kier molecular flexibility index (Phi) is 9.52. The second-order valence-electron chi connectivity index (χ2n) is 9.55. The first-order chi connectivity index (χ1) is 20.6. The second-order valence-corrected chi connectivity index (χ2v) is 9.55. The lowest BCUT2D eigenvalue weighted by Crippen LogP contribution is -2.09. The molecular formula is C37H28O6. The van der Waals surface area contributed by atoms with Crippen molar-refractivity contribution < 1.29 is 28.6 Å². The van der Waals surface area contributed by atoms with Crippen LogP contribution in [-0.2, 0) is 14.4 Å². The number of hydrogen-bond acceptors (Lipinski definition) is 6. The molecule has 0 aliphatic heterocycles. The van der Waals surface area contributed by atoms with E-state index in [2.05, 4.69) is 31.6 Å². The Morgan fingerprint density at radius 2 is 1.07 bits per heavy atom. The van der Waals surface area contributed by atoms with Crippen molar-refractivity contribution in [3.8, 4) is 51.3 Å². The van der Waals surface area contributed by atoms with E-state index >= 15 is 0 Å². The molecule has 0 aliphatic carbocycles. The summed E-state index contributed by atoms with van der Waals surface area (Å²) >= 11 is 0. The summed E-state index contributed by atoms with van der Waals surface area (Å²) in [6, 6.07) is 27.1. The molecule has 0 fully saturated rings. The fourth-order valence-corrected chi connectivity index (χ4v) is 3.77. The Bertz CT molecular complexity index is 1780. The maximum Gasteiger partial charge on any atom is 0.338 e. The molecule has 6 heteroatoms. The van der Waals surface area contributed by atoms with E-state index in [4.69, 9.17) is 14.2 Å². The minimum atomic E-state index is -0.557. The molecule has 0 radical (unpaired) electrons. The normalized spacial score (nSPS) is 10.0. The monoisotopic (exact) mass is 568 g/mol. The molecule has 0 heterocycles. The summed E-state index contributed by atoms with van der Waals surface area (Å²) in [6.07, 6.45) is 1.09. The molecule has 0 saturated heterocycles. The molecule has 0 spiro atoms. The van der Waals surface area contributed by atoms with Crippen LogP contribution >= 0.6 is 0 Å². The van der Waals surface area contributed by atoms with Crippen molar-refractivity contribution >= 4 is 17.9 Å². The van der Waals surface area contributed by atoms with E-state index in [-0.39, 0.29) is 5.57 Å². The van der Waals surface area contributed by atoms with Crippen molar-refractivity contribution in [2.75, 3.05) is 0 Å². The van der Waals surface area contributed by atoms with Crippen LogP contribution in [0.25, 0.3) is 22.3 Å². The van der Waals surface area contributed by atoms with Gasteiger partial charge >= 0.3 is 17.9 Å². The van der Waals surface area contributed by atoms with Gasteiger partial charge in [0.1, 0.15) is 17.2 Å². The third-order valence-corrected chi connectivity index (χ3v) is 6.07. The molecule has 0 N–H and O–H groups in total. The molecule has 4 rings (SSSR count). The molecule has 6 nitrogen and oxygen atoms in total. The smallest absolute Gasteiger partial charge is 0.338 e. The highest BCUT2D eigenvalue weighted by Gasteiger charge is 2.13. The van der Waals surface area contributed by atoms with E-state index in [1.165, 1.54) is 0 Å². The summed E-state index contributed by atoms with van der Waals surface area (Å²) in [7, 11) is 0. The van der Waals surface area contributed by atoms with Crippen LogP contribution in [0.4, 0.5) is 0 Å². The van der Waals surface area contributed by atoms with Crippen molar-refractivity contribution in [3.63, 3.8) is 0 Å². The second kappa shape index (κ2) is 13.6. The zero-order valence-corrected chi connectivity index (χ0v) is 23.8. The molecule has 0 unspecified atom stereocenters. The Morgan fingerprint density at radius 3 is 1.63 bits per heavy atom. The number of carbonyl (C=O) groups is 3. The zero-order valence-electron chi connectivity index (χ0n) is 23.8. The highest BCUT2D eigenvalue weighted by Crippen LogP contribution is 2.33. The number of esters is 3. The molecule has 0 bridgehead atoms. The van der Waals surface area contributed by atoms with Gasteiger partial charge in [0.15, 0.2) is 0 Å². The van der Waals surface area contributed by atoms with Crippen LogP contribution in [0.2, 0.25) is 0 Å². The summed E-state index contributed by atoms with van der Waals surface area (Å²) < 4.78 is 16.0. The third kappa shape index (κ3) is 8.06. The quantitative estimate of drug-likeness (QED) is 0.0949. The molecule has 212 valence electrons. The van der Waals surface area contributed by atoms with Gasteiger partial charge < -0.3 is 14.2 Å². The zero-order chi connectivity index (χ0) is 30.9. The maximum absolute atomic E-state index is 12.4. The van der Waals surface area contributed by atoms with Crippen LogP contribution in [0.1, 0.15) is 25.0 Å². The molecule has 4 aromatic rings. The summed E-state index contributed by atoms with van der Waals surface area (Å²) in [6.45, 7) is 13.8. The van der Waals surface area contributed by atoms with E-state index in [0.29, 0.717) is 33.9 Å². The van der Waals surface area contributed by atoms with Crippen molar-refractivity contribution in [3.05, 3.63) is 139 Å². The lowest BCUT2D eigenvalue weighted by molar-refractivity contribution is -0.130. The van der Waals surface area contributed by atoms with Crippen LogP contribution < -0.4 is 14.2 Å². The summed E-state index contributed by atoms with van der Waals surface area (Å²) in [5, 5.41) is 0. The summed E-state index contributed by atoms with van der Waals surface area (Å²) in [4.78, 5) is 35.6. The van der Waals surface area contributed by atoms with Gasteiger partial charge in [0.25, 0.3) is 0 Å². The van der Waals surface area contributed by atoms with Gasteiger partial charge in [0.2, 0.25) is 0 Å². The maximum atomic E-state index is 12.4. The largest absolute Gasteiger partial charge is 0.423 e. The highest BCUT2D eigenvalue weighted by atomic mass is 16.5. The first-order valence-electron chi connectivity index (χ1n) is 13.2. The summed E-state index contributed by atoms with van der Waals surface area (Å²) in [5.41, 5.74) is 5.39. The Hall–Kier alpha value is -5.93. The van der Waals surface area contributed by atoms with Gasteiger partial charge in [-0.2, -0.15) is 0 Å². The van der Waals surface area contributed by atoms with Crippen molar-refractivity contribution in [2.45, 2.75) is 13.8 Å². The molecule has 43 heavy (non-hydrogen) atoms. The van der Waals surface area contributed by atoms with E-state index in [9.17, 15) is 14.4 Å². The van der Waals surface area contributed by atoms with Gasteiger partial charge in [0.05, 0.1) is 0 Å². The van der Waals surface area contributed by atoms with Crippen molar-refractivity contribution in [2.24, 2.45) is 0 Å². The van der Waals surface area contributed by atoms with Gasteiger partial charge in [-0.1, -0.05) is 68.0 Å². The van der Waals surface area contributed by atoms with Crippen LogP contribution in [0, 0.1) is 11.8 Å². The number of rotatable bonds is 8. The van der Waals surface area contributed by atoms with Crippen LogP contribution in [0.15, 0.2) is 128 Å². The highest BCUT2D eigenvalue weighted by molar-refractivity contribution is 5.90. The van der Waals surface area contributed by atoms with E-state index < -0.39 is 17.9 Å². The lowest BCUT2D eigenvalue weighted by Gasteiger charge is -2.12. The Labute approximate surface area is 250 Å². The van der Waals surface area contributed by atoms with Gasteiger partial charge in [-0.25, -0.2) is 14.4 Å². The van der Waals surface area contributed by atoms with Gasteiger partial charge in [-0.3, -0.25) is 0 Å². The number of ether oxygens (including phenoxy) is 3. The first-order valence-corrected chi connectivity index (χ1v) is 13.2. The van der Waals surface area contributed by atoms with E-state index in [0.717, 1.165) is 28.3 Å². The number of carbonyl (C=O) groups excluding carboxylic acids is 3. The Balaban J connectivity index is 1.54.